The van der Waals surface area contributed by atoms with Gasteiger partial charge >= 0.3 is 10.9 Å². The predicted octanol–water partition coefficient (Wildman–Crippen LogP) is 1.60. The van der Waals surface area contributed by atoms with Crippen molar-refractivity contribution in [1.82, 2.24) is 5.32 Å². The van der Waals surface area contributed by atoms with Crippen LogP contribution in [0.3, 0.4) is 0 Å². The van der Waals surface area contributed by atoms with E-state index < -0.39 is 11.9 Å². The summed E-state index contributed by atoms with van der Waals surface area (Å²) in [5.41, 5.74) is 1.33. The van der Waals surface area contributed by atoms with Gasteiger partial charge in [0.05, 0.1) is 17.7 Å². The molecule has 1 saturated heterocycles. The van der Waals surface area contributed by atoms with Crippen LogP contribution in [0, 0.1) is 5.92 Å². The molecule has 7 heteroatoms. The van der Waals surface area contributed by atoms with Gasteiger partial charge in [-0.1, -0.05) is 11.3 Å². The lowest BCUT2D eigenvalue weighted by Crippen LogP contribution is -2.17. The lowest BCUT2D eigenvalue weighted by atomic mass is 9.99. The van der Waals surface area contributed by atoms with Crippen molar-refractivity contribution < 1.29 is 19.1 Å². The Kier molecular flexibility index (Phi) is 3.23. The molecule has 2 N–H and O–H groups in total. The van der Waals surface area contributed by atoms with E-state index in [-0.39, 0.29) is 11.0 Å². The topological polar surface area (TPSA) is 88.8 Å². The number of hydrogen-bond acceptors (Lipinski definition) is 6. The number of carboxylic acid groups (broad SMARTS) is 1. The van der Waals surface area contributed by atoms with Gasteiger partial charge in [-0.3, -0.25) is 4.79 Å². The first kappa shape index (κ1) is 13.1. The molecule has 0 aliphatic carbocycles. The van der Waals surface area contributed by atoms with Gasteiger partial charge in [0.15, 0.2) is 0 Å². The first-order valence-electron chi connectivity index (χ1n) is 6.16. The van der Waals surface area contributed by atoms with E-state index in [1.807, 2.05) is 0 Å². The molecule has 20 heavy (non-hydrogen) atoms. The SMILES string of the molecule is COc1cc2sc(=O)oc2cc1C1CC(C(=O)O)CN1. The normalized spacial score (nSPS) is 22.2. The largest absolute Gasteiger partial charge is 0.496 e. The summed E-state index contributed by atoms with van der Waals surface area (Å²) in [7, 11) is 1.55. The molecule has 0 saturated carbocycles. The molecule has 6 nitrogen and oxygen atoms in total. The third kappa shape index (κ3) is 2.19. The molecule has 0 amide bonds. The molecule has 1 fully saturated rings. The number of benzene rings is 1. The number of aliphatic carboxylic acids is 1. The summed E-state index contributed by atoms with van der Waals surface area (Å²) in [5.74, 6) is -0.574. The standard InChI is InChI=1S/C13H13NO5S/c1-18-9-4-11-10(19-13(17)20-11)3-7(9)8-2-6(5-14-8)12(15)16/h3-4,6,8,14H,2,5H2,1H3,(H,15,16). The minimum atomic E-state index is -0.804. The third-order valence-electron chi connectivity index (χ3n) is 3.54. The molecule has 2 unspecified atom stereocenters. The molecule has 2 aromatic rings. The highest BCUT2D eigenvalue weighted by Crippen LogP contribution is 2.36. The van der Waals surface area contributed by atoms with E-state index >= 15 is 0 Å². The maximum atomic E-state index is 11.3. The molecule has 2 atom stereocenters. The molecular weight excluding hydrogens is 282 g/mol. The zero-order valence-electron chi connectivity index (χ0n) is 10.7. The molecule has 0 bridgehead atoms. The molecule has 0 spiro atoms. The van der Waals surface area contributed by atoms with Gasteiger partial charge in [0.1, 0.15) is 11.3 Å². The Bertz CT molecular complexity index is 719. The molecule has 1 aromatic heterocycles. The van der Waals surface area contributed by atoms with E-state index in [2.05, 4.69) is 5.32 Å². The Morgan fingerprint density at radius 3 is 3.00 bits per heavy atom. The molecule has 3 rings (SSSR count). The number of rotatable bonds is 3. The number of hydrogen-bond donors (Lipinski definition) is 2. The van der Waals surface area contributed by atoms with Gasteiger partial charge in [0.25, 0.3) is 0 Å². The maximum absolute atomic E-state index is 11.3. The highest BCUT2D eigenvalue weighted by atomic mass is 32.1. The molecule has 2 heterocycles. The van der Waals surface area contributed by atoms with E-state index in [0.29, 0.717) is 24.3 Å². The summed E-state index contributed by atoms with van der Waals surface area (Å²) in [6, 6.07) is 3.41. The van der Waals surface area contributed by atoms with Gasteiger partial charge in [-0.2, -0.15) is 0 Å². The van der Waals surface area contributed by atoms with Crippen LogP contribution in [-0.2, 0) is 4.79 Å². The molecule has 1 aliphatic rings. The number of ether oxygens (including phenoxy) is 1. The highest BCUT2D eigenvalue weighted by molar-refractivity contribution is 7.16. The quantitative estimate of drug-likeness (QED) is 0.894. The first-order chi connectivity index (χ1) is 9.58. The zero-order valence-corrected chi connectivity index (χ0v) is 11.5. The number of fused-ring (bicyclic) bond motifs is 1. The molecule has 0 radical (unpaired) electrons. The van der Waals surface area contributed by atoms with E-state index in [4.69, 9.17) is 14.3 Å². The average molecular weight is 295 g/mol. The van der Waals surface area contributed by atoms with Crippen molar-refractivity contribution >= 4 is 27.6 Å². The molecule has 1 aliphatic heterocycles. The Hall–Kier alpha value is -1.86. The molecular formula is C13H13NO5S. The van der Waals surface area contributed by atoms with Gasteiger partial charge in [0, 0.05) is 24.2 Å². The molecule has 106 valence electrons. The van der Waals surface area contributed by atoms with Crippen molar-refractivity contribution in [2.24, 2.45) is 5.92 Å². The lowest BCUT2D eigenvalue weighted by molar-refractivity contribution is -0.141. The fraction of sp³-hybridized carbons (Fsp3) is 0.385. The van der Waals surface area contributed by atoms with Crippen LogP contribution in [-0.4, -0.2) is 24.7 Å². The monoisotopic (exact) mass is 295 g/mol. The minimum absolute atomic E-state index is 0.111. The minimum Gasteiger partial charge on any atom is -0.496 e. The van der Waals surface area contributed by atoms with Crippen LogP contribution in [0.5, 0.6) is 5.75 Å². The second kappa shape index (κ2) is 4.92. The van der Waals surface area contributed by atoms with Gasteiger partial charge < -0.3 is 19.6 Å². The lowest BCUT2D eigenvalue weighted by Gasteiger charge is -2.14. The third-order valence-corrected chi connectivity index (χ3v) is 4.33. The van der Waals surface area contributed by atoms with Crippen molar-refractivity contribution in [1.29, 1.82) is 0 Å². The van der Waals surface area contributed by atoms with E-state index in [0.717, 1.165) is 21.6 Å². The summed E-state index contributed by atoms with van der Waals surface area (Å²) in [4.78, 5) is 21.9. The van der Waals surface area contributed by atoms with Crippen LogP contribution in [0.4, 0.5) is 0 Å². The maximum Gasteiger partial charge on any atom is 0.396 e. The van der Waals surface area contributed by atoms with Gasteiger partial charge in [-0.15, -0.1) is 0 Å². The summed E-state index contributed by atoms with van der Waals surface area (Å²) >= 11 is 1.02. The van der Waals surface area contributed by atoms with Crippen LogP contribution in [0.1, 0.15) is 18.0 Å². The zero-order chi connectivity index (χ0) is 14.3. The van der Waals surface area contributed by atoms with Crippen LogP contribution in [0.2, 0.25) is 0 Å². The first-order valence-corrected chi connectivity index (χ1v) is 6.98. The highest BCUT2D eigenvalue weighted by Gasteiger charge is 2.32. The van der Waals surface area contributed by atoms with Crippen molar-refractivity contribution in [3.8, 4) is 5.75 Å². The van der Waals surface area contributed by atoms with Crippen LogP contribution >= 0.6 is 11.3 Å². The smallest absolute Gasteiger partial charge is 0.396 e. The Morgan fingerprint density at radius 1 is 1.55 bits per heavy atom. The molecule has 1 aromatic carbocycles. The van der Waals surface area contributed by atoms with E-state index in [1.54, 1.807) is 19.2 Å². The summed E-state index contributed by atoms with van der Waals surface area (Å²) in [5, 5.41) is 12.2. The van der Waals surface area contributed by atoms with Crippen molar-refractivity contribution in [3.05, 3.63) is 27.4 Å². The van der Waals surface area contributed by atoms with Gasteiger partial charge in [-0.25, -0.2) is 4.79 Å². The van der Waals surface area contributed by atoms with Crippen LogP contribution < -0.4 is 15.0 Å². The Morgan fingerprint density at radius 2 is 2.35 bits per heavy atom. The number of nitrogens with one attached hydrogen (secondary N) is 1. The summed E-state index contributed by atoms with van der Waals surface area (Å²) in [6.07, 6.45) is 0.492. The van der Waals surface area contributed by atoms with Crippen molar-refractivity contribution in [2.75, 3.05) is 13.7 Å². The average Bonchev–Trinajstić information content (AvgIpc) is 3.01. The van der Waals surface area contributed by atoms with Gasteiger partial charge in [0.2, 0.25) is 0 Å². The van der Waals surface area contributed by atoms with Crippen LogP contribution in [0.15, 0.2) is 21.3 Å². The fourth-order valence-electron chi connectivity index (χ4n) is 2.53. The second-order valence-corrected chi connectivity index (χ2v) is 5.70. The van der Waals surface area contributed by atoms with Crippen molar-refractivity contribution in [2.45, 2.75) is 12.5 Å². The number of carbonyl (C=O) groups is 1. The fourth-order valence-corrected chi connectivity index (χ4v) is 3.20. The van der Waals surface area contributed by atoms with E-state index in [1.165, 1.54) is 0 Å². The number of methoxy groups -OCH3 is 1. The predicted molar refractivity (Wildman–Crippen MR) is 73.4 cm³/mol. The summed E-state index contributed by atoms with van der Waals surface area (Å²) < 4.78 is 11.2. The van der Waals surface area contributed by atoms with Gasteiger partial charge in [-0.05, 0) is 12.5 Å². The second-order valence-electron chi connectivity index (χ2n) is 4.73. The Labute approximate surface area is 118 Å². The number of carboxylic acids is 1. The summed E-state index contributed by atoms with van der Waals surface area (Å²) in [6.45, 7) is 0.425. The van der Waals surface area contributed by atoms with E-state index in [9.17, 15) is 9.59 Å². The Balaban J connectivity index is 2.02. The van der Waals surface area contributed by atoms with Crippen molar-refractivity contribution in [3.63, 3.8) is 0 Å². The van der Waals surface area contributed by atoms with Crippen LogP contribution in [0.25, 0.3) is 10.3 Å².